The zero-order chi connectivity index (χ0) is 19.1. The molecule has 26 heavy (non-hydrogen) atoms. The molecule has 7 nitrogen and oxygen atoms in total. The lowest BCUT2D eigenvalue weighted by Crippen LogP contribution is -2.14. The Morgan fingerprint density at radius 2 is 2.00 bits per heavy atom. The molecule has 0 unspecified atom stereocenters. The molecule has 0 fully saturated rings. The van der Waals surface area contributed by atoms with Gasteiger partial charge in [0.15, 0.2) is 5.69 Å². The van der Waals surface area contributed by atoms with Crippen molar-refractivity contribution in [3.63, 3.8) is 0 Å². The number of halogens is 3. The Morgan fingerprint density at radius 1 is 1.27 bits per heavy atom. The minimum atomic E-state index is -4.52. The van der Waals surface area contributed by atoms with E-state index in [0.29, 0.717) is 22.6 Å². The van der Waals surface area contributed by atoms with Crippen molar-refractivity contribution in [3.05, 3.63) is 47.1 Å². The van der Waals surface area contributed by atoms with Gasteiger partial charge >= 0.3 is 6.18 Å². The highest BCUT2D eigenvalue weighted by Crippen LogP contribution is 2.31. The fraction of sp³-hybridized carbons (Fsp3) is 0.250. The molecular formula is C16H14F3N5O2. The van der Waals surface area contributed by atoms with E-state index >= 15 is 0 Å². The van der Waals surface area contributed by atoms with E-state index in [-0.39, 0.29) is 11.5 Å². The molecule has 0 saturated heterocycles. The number of hydrogen-bond donors (Lipinski definition) is 1. The van der Waals surface area contributed by atoms with Crippen LogP contribution in [0.3, 0.4) is 0 Å². The molecule has 0 radical (unpaired) electrons. The van der Waals surface area contributed by atoms with Crippen molar-refractivity contribution in [2.75, 3.05) is 5.32 Å². The third-order valence-electron chi connectivity index (χ3n) is 3.73. The van der Waals surface area contributed by atoms with E-state index in [4.69, 9.17) is 4.52 Å². The Morgan fingerprint density at radius 3 is 2.50 bits per heavy atom. The van der Waals surface area contributed by atoms with Crippen LogP contribution in [0.5, 0.6) is 0 Å². The predicted octanol–water partition coefficient (Wildman–Crippen LogP) is 3.36. The SMILES string of the molecule is Cc1noc(C)c1C(=O)Nc1ccc(-c2cc(C(F)(F)F)nn2C)cn1. The number of amides is 1. The summed E-state index contributed by atoms with van der Waals surface area (Å²) in [4.78, 5) is 16.3. The zero-order valence-electron chi connectivity index (χ0n) is 14.0. The quantitative estimate of drug-likeness (QED) is 0.769. The number of alkyl halides is 3. The van der Waals surface area contributed by atoms with Crippen molar-refractivity contribution in [3.8, 4) is 11.3 Å². The van der Waals surface area contributed by atoms with Crippen molar-refractivity contribution in [1.82, 2.24) is 19.9 Å². The van der Waals surface area contributed by atoms with Gasteiger partial charge in [-0.1, -0.05) is 5.16 Å². The monoisotopic (exact) mass is 365 g/mol. The molecular weight excluding hydrogens is 351 g/mol. The molecule has 1 amide bonds. The molecule has 0 aliphatic carbocycles. The van der Waals surface area contributed by atoms with Gasteiger partial charge in [0, 0.05) is 18.8 Å². The summed E-state index contributed by atoms with van der Waals surface area (Å²) < 4.78 is 44.3. The predicted molar refractivity (Wildman–Crippen MR) is 85.4 cm³/mol. The van der Waals surface area contributed by atoms with Gasteiger partial charge in [0.25, 0.3) is 5.91 Å². The second-order valence-electron chi connectivity index (χ2n) is 5.62. The van der Waals surface area contributed by atoms with E-state index < -0.39 is 17.8 Å². The number of pyridine rings is 1. The molecule has 0 aromatic carbocycles. The highest BCUT2D eigenvalue weighted by atomic mass is 19.4. The second-order valence-corrected chi connectivity index (χ2v) is 5.62. The molecule has 0 bridgehead atoms. The van der Waals surface area contributed by atoms with E-state index in [9.17, 15) is 18.0 Å². The second kappa shape index (κ2) is 6.28. The molecule has 3 aromatic rings. The molecule has 3 heterocycles. The average Bonchev–Trinajstić information content (AvgIpc) is 3.11. The first kappa shape index (κ1) is 17.6. The summed E-state index contributed by atoms with van der Waals surface area (Å²) in [6.07, 6.45) is -3.16. The van der Waals surface area contributed by atoms with Gasteiger partial charge in [-0.2, -0.15) is 18.3 Å². The van der Waals surface area contributed by atoms with Crippen molar-refractivity contribution >= 4 is 11.7 Å². The lowest BCUT2D eigenvalue weighted by molar-refractivity contribution is -0.141. The molecule has 0 aliphatic rings. The minimum Gasteiger partial charge on any atom is -0.361 e. The number of anilines is 1. The summed E-state index contributed by atoms with van der Waals surface area (Å²) in [5.74, 6) is 0.199. The van der Waals surface area contributed by atoms with Gasteiger partial charge in [0.2, 0.25) is 0 Å². The largest absolute Gasteiger partial charge is 0.435 e. The number of nitrogens with one attached hydrogen (secondary N) is 1. The molecule has 136 valence electrons. The van der Waals surface area contributed by atoms with Crippen LogP contribution in [0.1, 0.15) is 27.5 Å². The van der Waals surface area contributed by atoms with E-state index in [2.05, 4.69) is 20.6 Å². The first-order chi connectivity index (χ1) is 12.2. The molecule has 0 aliphatic heterocycles. The summed E-state index contributed by atoms with van der Waals surface area (Å²) in [5, 5.41) is 9.76. The van der Waals surface area contributed by atoms with Gasteiger partial charge in [-0.3, -0.25) is 9.48 Å². The Kier molecular flexibility index (Phi) is 4.26. The highest BCUT2D eigenvalue weighted by molar-refractivity contribution is 6.05. The zero-order valence-corrected chi connectivity index (χ0v) is 14.0. The van der Waals surface area contributed by atoms with Crippen LogP contribution in [0, 0.1) is 13.8 Å². The fourth-order valence-electron chi connectivity index (χ4n) is 2.48. The minimum absolute atomic E-state index is 0.247. The van der Waals surface area contributed by atoms with Gasteiger partial charge < -0.3 is 9.84 Å². The fourth-order valence-corrected chi connectivity index (χ4v) is 2.48. The maximum Gasteiger partial charge on any atom is 0.435 e. The number of rotatable bonds is 3. The molecule has 0 atom stereocenters. The van der Waals surface area contributed by atoms with Gasteiger partial charge in [-0.25, -0.2) is 4.98 Å². The Hall–Kier alpha value is -3.17. The van der Waals surface area contributed by atoms with Crippen LogP contribution >= 0.6 is 0 Å². The van der Waals surface area contributed by atoms with Gasteiger partial charge in [0.05, 0.1) is 11.4 Å². The maximum absolute atomic E-state index is 12.8. The topological polar surface area (TPSA) is 85.8 Å². The number of carbonyl (C=O) groups excluding carboxylic acids is 1. The smallest absolute Gasteiger partial charge is 0.361 e. The van der Waals surface area contributed by atoms with Crippen LogP contribution in [0.15, 0.2) is 28.9 Å². The van der Waals surface area contributed by atoms with Gasteiger partial charge in [-0.05, 0) is 32.0 Å². The Bertz CT molecular complexity index is 938. The molecule has 10 heteroatoms. The Labute approximate surface area is 145 Å². The standard InChI is InChI=1S/C16H14F3N5O2/c1-8-14(9(2)26-23-8)15(25)21-13-5-4-10(7-20-13)11-6-12(16(17,18)19)22-24(11)3/h4-7H,1-3H3,(H,20,21,25). The third-order valence-corrected chi connectivity index (χ3v) is 3.73. The highest BCUT2D eigenvalue weighted by Gasteiger charge is 2.34. The maximum atomic E-state index is 12.8. The average molecular weight is 365 g/mol. The number of carbonyl (C=O) groups is 1. The first-order valence-electron chi connectivity index (χ1n) is 7.48. The van der Waals surface area contributed by atoms with E-state index in [1.165, 1.54) is 19.3 Å². The van der Waals surface area contributed by atoms with Crippen LogP contribution in [0.25, 0.3) is 11.3 Å². The van der Waals surface area contributed by atoms with Crippen molar-refractivity contribution in [1.29, 1.82) is 0 Å². The van der Waals surface area contributed by atoms with Gasteiger partial charge in [-0.15, -0.1) is 0 Å². The van der Waals surface area contributed by atoms with Crippen LogP contribution in [0.2, 0.25) is 0 Å². The van der Waals surface area contributed by atoms with E-state index in [1.54, 1.807) is 19.9 Å². The summed E-state index contributed by atoms with van der Waals surface area (Å²) in [7, 11) is 1.41. The Balaban J connectivity index is 1.81. The summed E-state index contributed by atoms with van der Waals surface area (Å²) in [5.41, 5.74) is 0.480. The van der Waals surface area contributed by atoms with Crippen molar-refractivity contribution in [2.24, 2.45) is 7.05 Å². The molecule has 3 rings (SSSR count). The third kappa shape index (κ3) is 3.30. The lowest BCUT2D eigenvalue weighted by atomic mass is 10.2. The van der Waals surface area contributed by atoms with E-state index in [1.807, 2.05) is 0 Å². The van der Waals surface area contributed by atoms with E-state index in [0.717, 1.165) is 10.7 Å². The normalized spacial score (nSPS) is 11.6. The molecule has 1 N–H and O–H groups in total. The number of aromatic nitrogens is 4. The lowest BCUT2D eigenvalue weighted by Gasteiger charge is -2.06. The summed E-state index contributed by atoms with van der Waals surface area (Å²) in [6.45, 7) is 3.26. The van der Waals surface area contributed by atoms with Gasteiger partial charge in [0.1, 0.15) is 17.1 Å². The van der Waals surface area contributed by atoms with Crippen molar-refractivity contribution in [2.45, 2.75) is 20.0 Å². The van der Waals surface area contributed by atoms with Crippen LogP contribution in [0.4, 0.5) is 19.0 Å². The van der Waals surface area contributed by atoms with Crippen LogP contribution in [-0.2, 0) is 13.2 Å². The van der Waals surface area contributed by atoms with Crippen LogP contribution in [-0.4, -0.2) is 25.8 Å². The molecule has 3 aromatic heterocycles. The molecule has 0 saturated carbocycles. The summed E-state index contributed by atoms with van der Waals surface area (Å²) in [6, 6.07) is 3.98. The number of aryl methyl sites for hydroxylation is 3. The number of nitrogens with zero attached hydrogens (tertiary/aromatic N) is 4. The molecule has 0 spiro atoms. The summed E-state index contributed by atoms with van der Waals surface area (Å²) >= 11 is 0. The number of hydrogen-bond acceptors (Lipinski definition) is 5. The first-order valence-corrected chi connectivity index (χ1v) is 7.48. The van der Waals surface area contributed by atoms with Crippen LogP contribution < -0.4 is 5.32 Å². The van der Waals surface area contributed by atoms with Crippen molar-refractivity contribution < 1.29 is 22.5 Å².